The molecule has 3 N–H and O–H groups in total. The van der Waals surface area contributed by atoms with Gasteiger partial charge >= 0.3 is 6.18 Å². The number of alkyl halides is 3. The van der Waals surface area contributed by atoms with Crippen LogP contribution < -0.4 is 10.6 Å². The molecule has 1 aromatic rings. The summed E-state index contributed by atoms with van der Waals surface area (Å²) >= 11 is 0. The number of nitrogen functional groups attached to an aromatic ring is 1. The van der Waals surface area contributed by atoms with Crippen molar-refractivity contribution < 1.29 is 18.3 Å². The number of hydrogen-bond acceptors (Lipinski definition) is 4. The SMILES string of the molecule is Nc1cc(C(F)(F)F)cc(N(CCCO)C2CCC2)n1. The molecule has 1 aromatic heterocycles. The van der Waals surface area contributed by atoms with Gasteiger partial charge in [-0.15, -0.1) is 0 Å². The van der Waals surface area contributed by atoms with Crippen molar-refractivity contribution >= 4 is 11.6 Å². The number of rotatable bonds is 5. The van der Waals surface area contributed by atoms with E-state index in [2.05, 4.69) is 4.98 Å². The number of anilines is 2. The minimum atomic E-state index is -4.44. The highest BCUT2D eigenvalue weighted by molar-refractivity contribution is 5.50. The Morgan fingerprint density at radius 2 is 2.05 bits per heavy atom. The average molecular weight is 289 g/mol. The predicted octanol–water partition coefficient (Wildman–Crippen LogP) is 2.42. The van der Waals surface area contributed by atoms with E-state index in [0.29, 0.717) is 13.0 Å². The van der Waals surface area contributed by atoms with Crippen molar-refractivity contribution in [2.45, 2.75) is 37.9 Å². The maximum Gasteiger partial charge on any atom is 0.416 e. The normalized spacial score (nSPS) is 16.0. The summed E-state index contributed by atoms with van der Waals surface area (Å²) in [6, 6.07) is 2.07. The molecule has 7 heteroatoms. The van der Waals surface area contributed by atoms with E-state index in [4.69, 9.17) is 10.8 Å². The fraction of sp³-hybridized carbons (Fsp3) is 0.615. The molecule has 0 aromatic carbocycles. The molecule has 0 atom stereocenters. The molecule has 0 saturated heterocycles. The van der Waals surface area contributed by atoms with Crippen LogP contribution in [-0.4, -0.2) is 29.3 Å². The molecule has 0 aliphatic heterocycles. The van der Waals surface area contributed by atoms with Crippen LogP contribution in [0.4, 0.5) is 24.8 Å². The Kier molecular flexibility index (Phi) is 4.37. The molecular formula is C13H18F3N3O. The second-order valence-corrected chi connectivity index (χ2v) is 4.99. The van der Waals surface area contributed by atoms with Gasteiger partial charge in [-0.25, -0.2) is 4.98 Å². The monoisotopic (exact) mass is 289 g/mol. The summed E-state index contributed by atoms with van der Waals surface area (Å²) in [6.07, 6.45) is -1.01. The van der Waals surface area contributed by atoms with Crippen molar-refractivity contribution in [1.29, 1.82) is 0 Å². The molecule has 1 aliphatic rings. The third-order valence-electron chi connectivity index (χ3n) is 3.53. The second kappa shape index (κ2) is 5.87. The van der Waals surface area contributed by atoms with Gasteiger partial charge in [0.25, 0.3) is 0 Å². The van der Waals surface area contributed by atoms with Crippen LogP contribution in [0, 0.1) is 0 Å². The summed E-state index contributed by atoms with van der Waals surface area (Å²) in [5.41, 5.74) is 4.71. The molecule has 4 nitrogen and oxygen atoms in total. The molecule has 1 fully saturated rings. The maximum absolute atomic E-state index is 12.8. The van der Waals surface area contributed by atoms with E-state index in [1.54, 1.807) is 0 Å². The zero-order chi connectivity index (χ0) is 14.8. The highest BCUT2D eigenvalue weighted by Gasteiger charge is 2.33. The number of aromatic nitrogens is 1. The second-order valence-electron chi connectivity index (χ2n) is 4.99. The smallest absolute Gasteiger partial charge is 0.396 e. The molecule has 1 aliphatic carbocycles. The Labute approximate surface area is 115 Å². The van der Waals surface area contributed by atoms with Gasteiger partial charge in [-0.1, -0.05) is 0 Å². The molecule has 20 heavy (non-hydrogen) atoms. The third kappa shape index (κ3) is 3.33. The minimum Gasteiger partial charge on any atom is -0.396 e. The Morgan fingerprint density at radius 3 is 2.55 bits per heavy atom. The van der Waals surface area contributed by atoms with E-state index in [1.165, 1.54) is 0 Å². The standard InChI is InChI=1S/C13H18F3N3O/c14-13(15,16)9-7-11(17)18-12(8-9)19(5-2-6-20)10-3-1-4-10/h7-8,10,20H,1-6H2,(H2,17,18). The summed E-state index contributed by atoms with van der Waals surface area (Å²) in [4.78, 5) is 5.85. The third-order valence-corrected chi connectivity index (χ3v) is 3.53. The van der Waals surface area contributed by atoms with E-state index in [0.717, 1.165) is 31.4 Å². The lowest BCUT2D eigenvalue weighted by Gasteiger charge is -2.38. The molecule has 0 spiro atoms. The zero-order valence-corrected chi connectivity index (χ0v) is 11.0. The molecule has 0 unspecified atom stereocenters. The Morgan fingerprint density at radius 1 is 1.35 bits per heavy atom. The summed E-state index contributed by atoms with van der Waals surface area (Å²) in [5, 5.41) is 8.92. The van der Waals surface area contributed by atoms with Crippen LogP contribution in [0.5, 0.6) is 0 Å². The topological polar surface area (TPSA) is 62.4 Å². The Bertz CT molecular complexity index is 461. The number of halogens is 3. The van der Waals surface area contributed by atoms with Crippen LogP contribution in [0.2, 0.25) is 0 Å². The molecule has 112 valence electrons. The van der Waals surface area contributed by atoms with E-state index < -0.39 is 11.7 Å². The largest absolute Gasteiger partial charge is 0.416 e. The summed E-state index contributed by atoms with van der Waals surface area (Å²) in [6.45, 7) is 0.479. The van der Waals surface area contributed by atoms with Crippen LogP contribution in [0.1, 0.15) is 31.2 Å². The van der Waals surface area contributed by atoms with Crippen molar-refractivity contribution in [3.8, 4) is 0 Å². The lowest BCUT2D eigenvalue weighted by atomic mass is 9.91. The predicted molar refractivity (Wildman–Crippen MR) is 70.3 cm³/mol. The first-order valence-electron chi connectivity index (χ1n) is 6.64. The van der Waals surface area contributed by atoms with Crippen LogP contribution in [-0.2, 0) is 6.18 Å². The molecule has 1 heterocycles. The van der Waals surface area contributed by atoms with Gasteiger partial charge in [0.2, 0.25) is 0 Å². The van der Waals surface area contributed by atoms with Crippen LogP contribution in [0.25, 0.3) is 0 Å². The van der Waals surface area contributed by atoms with E-state index in [1.807, 2.05) is 4.90 Å². The number of aliphatic hydroxyl groups excluding tert-OH is 1. The van der Waals surface area contributed by atoms with Gasteiger partial charge in [-0.2, -0.15) is 13.2 Å². The van der Waals surface area contributed by atoms with Crippen molar-refractivity contribution in [2.24, 2.45) is 0 Å². The highest BCUT2D eigenvalue weighted by atomic mass is 19.4. The number of nitrogens with zero attached hydrogens (tertiary/aromatic N) is 2. The average Bonchev–Trinajstić information content (AvgIpc) is 2.30. The molecule has 0 bridgehead atoms. The van der Waals surface area contributed by atoms with Gasteiger partial charge in [-0.3, -0.25) is 0 Å². The van der Waals surface area contributed by atoms with Gasteiger partial charge in [0.15, 0.2) is 0 Å². The molecular weight excluding hydrogens is 271 g/mol. The van der Waals surface area contributed by atoms with Crippen molar-refractivity contribution in [3.63, 3.8) is 0 Å². The molecule has 1 saturated carbocycles. The lowest BCUT2D eigenvalue weighted by molar-refractivity contribution is -0.137. The first-order chi connectivity index (χ1) is 9.41. The Hall–Kier alpha value is -1.50. The summed E-state index contributed by atoms with van der Waals surface area (Å²) < 4.78 is 38.5. The van der Waals surface area contributed by atoms with Gasteiger partial charge in [0, 0.05) is 19.2 Å². The zero-order valence-electron chi connectivity index (χ0n) is 11.0. The number of aliphatic hydroxyl groups is 1. The van der Waals surface area contributed by atoms with Gasteiger partial charge < -0.3 is 15.7 Å². The van der Waals surface area contributed by atoms with Crippen molar-refractivity contribution in [2.75, 3.05) is 23.8 Å². The van der Waals surface area contributed by atoms with E-state index in [-0.39, 0.29) is 24.3 Å². The highest BCUT2D eigenvalue weighted by Crippen LogP contribution is 2.35. The van der Waals surface area contributed by atoms with E-state index >= 15 is 0 Å². The molecule has 0 amide bonds. The first kappa shape index (κ1) is 14.9. The van der Waals surface area contributed by atoms with Crippen LogP contribution in [0.3, 0.4) is 0 Å². The van der Waals surface area contributed by atoms with Crippen molar-refractivity contribution in [1.82, 2.24) is 4.98 Å². The summed E-state index contributed by atoms with van der Waals surface area (Å²) in [7, 11) is 0. The first-order valence-corrected chi connectivity index (χ1v) is 6.64. The van der Waals surface area contributed by atoms with Crippen LogP contribution >= 0.6 is 0 Å². The van der Waals surface area contributed by atoms with Gasteiger partial charge in [-0.05, 0) is 37.8 Å². The quantitative estimate of drug-likeness (QED) is 0.874. The molecule has 0 radical (unpaired) electrons. The fourth-order valence-electron chi connectivity index (χ4n) is 2.27. The van der Waals surface area contributed by atoms with Crippen molar-refractivity contribution in [3.05, 3.63) is 17.7 Å². The number of pyridine rings is 1. The minimum absolute atomic E-state index is 0.00232. The number of nitrogens with two attached hydrogens (primary N) is 1. The van der Waals surface area contributed by atoms with E-state index in [9.17, 15) is 13.2 Å². The Balaban J connectivity index is 2.29. The summed E-state index contributed by atoms with van der Waals surface area (Å²) in [5.74, 6) is 0.110. The fourth-order valence-corrected chi connectivity index (χ4v) is 2.27. The van der Waals surface area contributed by atoms with Gasteiger partial charge in [0.1, 0.15) is 11.6 Å². The lowest BCUT2D eigenvalue weighted by Crippen LogP contribution is -2.41. The maximum atomic E-state index is 12.8. The number of hydrogen-bond donors (Lipinski definition) is 2. The van der Waals surface area contributed by atoms with Crippen LogP contribution in [0.15, 0.2) is 12.1 Å². The molecule has 2 rings (SSSR count). The van der Waals surface area contributed by atoms with Gasteiger partial charge in [0.05, 0.1) is 5.56 Å².